The number of hydrogen-bond acceptors (Lipinski definition) is 3. The van der Waals surface area contributed by atoms with Crippen molar-refractivity contribution in [2.75, 3.05) is 32.9 Å². The van der Waals surface area contributed by atoms with E-state index in [2.05, 4.69) is 22.8 Å². The fourth-order valence-corrected chi connectivity index (χ4v) is 0.791. The summed E-state index contributed by atoms with van der Waals surface area (Å²) in [5.74, 6) is 0.286. The average molecular weight is 176 g/mol. The van der Waals surface area contributed by atoms with E-state index in [1.165, 1.54) is 0 Å². The van der Waals surface area contributed by atoms with Crippen LogP contribution >= 0.6 is 12.6 Å². The van der Waals surface area contributed by atoms with E-state index >= 15 is 0 Å². The Bertz CT molecular complexity index is 117. The number of amides is 1. The summed E-state index contributed by atoms with van der Waals surface area (Å²) in [5.41, 5.74) is 0. The molecule has 0 aliphatic rings. The lowest BCUT2D eigenvalue weighted by Gasteiger charge is -2.08. The summed E-state index contributed by atoms with van der Waals surface area (Å²) in [5, 5.41) is 2.75. The number of nitrogens with one attached hydrogen (secondary N) is 1. The number of nitrogens with zero attached hydrogens (tertiary/aromatic N) is 1. The van der Waals surface area contributed by atoms with Crippen LogP contribution in [0.1, 0.15) is 6.42 Å². The molecule has 0 rings (SSSR count). The maximum absolute atomic E-state index is 10.7. The van der Waals surface area contributed by atoms with E-state index < -0.39 is 0 Å². The molecule has 0 radical (unpaired) electrons. The molecule has 0 spiro atoms. The molecule has 1 amide bonds. The molecule has 0 aromatic rings. The van der Waals surface area contributed by atoms with Gasteiger partial charge in [-0.25, -0.2) is 0 Å². The highest BCUT2D eigenvalue weighted by Crippen LogP contribution is 1.81. The highest BCUT2D eigenvalue weighted by molar-refractivity contribution is 7.81. The molecule has 0 bridgehead atoms. The molecule has 0 saturated heterocycles. The van der Waals surface area contributed by atoms with E-state index in [0.29, 0.717) is 0 Å². The lowest BCUT2D eigenvalue weighted by molar-refractivity contribution is -0.118. The highest BCUT2D eigenvalue weighted by Gasteiger charge is 1.95. The van der Waals surface area contributed by atoms with Gasteiger partial charge in [0.25, 0.3) is 0 Å². The number of carbonyl (C=O) groups is 1. The molecular formula is C7H16N2OS. The zero-order chi connectivity index (χ0) is 8.69. The minimum atomic E-state index is 0.00656. The third-order valence-electron chi connectivity index (χ3n) is 1.25. The number of rotatable bonds is 5. The van der Waals surface area contributed by atoms with Gasteiger partial charge in [-0.15, -0.1) is 0 Å². The Morgan fingerprint density at radius 3 is 2.64 bits per heavy atom. The molecule has 0 fully saturated rings. The third kappa shape index (κ3) is 7.68. The maximum Gasteiger partial charge on any atom is 0.229 e. The van der Waals surface area contributed by atoms with Crippen LogP contribution in [0.25, 0.3) is 0 Å². The first-order chi connectivity index (χ1) is 5.16. The molecule has 3 nitrogen and oxygen atoms in total. The van der Waals surface area contributed by atoms with Crippen molar-refractivity contribution < 1.29 is 4.79 Å². The van der Waals surface area contributed by atoms with Gasteiger partial charge in [0.15, 0.2) is 0 Å². The Morgan fingerprint density at radius 2 is 2.18 bits per heavy atom. The molecule has 66 valence electrons. The molecule has 0 unspecified atom stereocenters. The first-order valence-electron chi connectivity index (χ1n) is 3.69. The molecule has 0 atom stereocenters. The van der Waals surface area contributed by atoms with Gasteiger partial charge in [0.1, 0.15) is 0 Å². The summed E-state index contributed by atoms with van der Waals surface area (Å²) in [6.45, 7) is 1.75. The fourth-order valence-electron chi connectivity index (χ4n) is 0.679. The second-order valence-corrected chi connectivity index (χ2v) is 2.98. The van der Waals surface area contributed by atoms with Gasteiger partial charge >= 0.3 is 0 Å². The predicted octanol–water partition coefficient (Wildman–Crippen LogP) is -0.0159. The Morgan fingerprint density at radius 1 is 1.55 bits per heavy atom. The zero-order valence-electron chi connectivity index (χ0n) is 7.13. The summed E-state index contributed by atoms with van der Waals surface area (Å²) in [6, 6.07) is 0. The van der Waals surface area contributed by atoms with Gasteiger partial charge < -0.3 is 10.2 Å². The van der Waals surface area contributed by atoms with Crippen LogP contribution in [0.4, 0.5) is 0 Å². The molecule has 0 saturated carbocycles. The van der Waals surface area contributed by atoms with Gasteiger partial charge in [0.05, 0.1) is 5.75 Å². The lowest BCUT2D eigenvalue weighted by atomic mass is 10.4. The summed E-state index contributed by atoms with van der Waals surface area (Å²) < 4.78 is 0. The van der Waals surface area contributed by atoms with Crippen LogP contribution < -0.4 is 5.32 Å². The summed E-state index contributed by atoms with van der Waals surface area (Å²) in [6.07, 6.45) is 0.993. The summed E-state index contributed by atoms with van der Waals surface area (Å²) >= 11 is 3.84. The van der Waals surface area contributed by atoms with Crippen molar-refractivity contribution in [1.29, 1.82) is 0 Å². The van der Waals surface area contributed by atoms with Crippen LogP contribution in [0.3, 0.4) is 0 Å². The molecular weight excluding hydrogens is 160 g/mol. The Kier molecular flexibility index (Phi) is 6.36. The van der Waals surface area contributed by atoms with Crippen molar-refractivity contribution in [3.8, 4) is 0 Å². The highest BCUT2D eigenvalue weighted by atomic mass is 32.1. The van der Waals surface area contributed by atoms with E-state index in [4.69, 9.17) is 0 Å². The predicted molar refractivity (Wildman–Crippen MR) is 50.0 cm³/mol. The van der Waals surface area contributed by atoms with E-state index in [0.717, 1.165) is 19.5 Å². The van der Waals surface area contributed by atoms with Gasteiger partial charge in [0, 0.05) is 6.54 Å². The topological polar surface area (TPSA) is 32.3 Å². The quantitative estimate of drug-likeness (QED) is 0.456. The lowest BCUT2D eigenvalue weighted by Crippen LogP contribution is -2.27. The van der Waals surface area contributed by atoms with Gasteiger partial charge in [-0.05, 0) is 27.1 Å². The van der Waals surface area contributed by atoms with Gasteiger partial charge in [0.2, 0.25) is 5.91 Å². The van der Waals surface area contributed by atoms with Crippen molar-refractivity contribution in [2.24, 2.45) is 0 Å². The minimum Gasteiger partial charge on any atom is -0.355 e. The molecule has 11 heavy (non-hydrogen) atoms. The van der Waals surface area contributed by atoms with Crippen LogP contribution in [0, 0.1) is 0 Å². The molecule has 0 aliphatic carbocycles. The van der Waals surface area contributed by atoms with E-state index in [1.807, 2.05) is 14.1 Å². The van der Waals surface area contributed by atoms with E-state index in [-0.39, 0.29) is 11.7 Å². The monoisotopic (exact) mass is 176 g/mol. The van der Waals surface area contributed by atoms with Gasteiger partial charge in [-0.3, -0.25) is 4.79 Å². The fraction of sp³-hybridized carbons (Fsp3) is 0.857. The average Bonchev–Trinajstić information content (AvgIpc) is 1.97. The number of thiol groups is 1. The van der Waals surface area contributed by atoms with Crippen molar-refractivity contribution in [2.45, 2.75) is 6.42 Å². The maximum atomic E-state index is 10.7. The largest absolute Gasteiger partial charge is 0.355 e. The van der Waals surface area contributed by atoms with Crippen LogP contribution in [0.5, 0.6) is 0 Å². The van der Waals surface area contributed by atoms with E-state index in [1.54, 1.807) is 0 Å². The van der Waals surface area contributed by atoms with Crippen molar-refractivity contribution in [1.82, 2.24) is 10.2 Å². The van der Waals surface area contributed by atoms with Crippen LogP contribution in [0.2, 0.25) is 0 Å². The SMILES string of the molecule is CN(C)CCCNC(=O)CS. The normalized spacial score (nSPS) is 10.2. The first-order valence-corrected chi connectivity index (χ1v) is 4.32. The first kappa shape index (κ1) is 10.8. The second-order valence-electron chi connectivity index (χ2n) is 2.66. The van der Waals surface area contributed by atoms with Gasteiger partial charge in [-0.2, -0.15) is 12.6 Å². The summed E-state index contributed by atoms with van der Waals surface area (Å²) in [4.78, 5) is 12.7. The van der Waals surface area contributed by atoms with Crippen molar-refractivity contribution in [3.63, 3.8) is 0 Å². The molecule has 0 aromatic heterocycles. The zero-order valence-corrected chi connectivity index (χ0v) is 8.03. The van der Waals surface area contributed by atoms with Crippen molar-refractivity contribution >= 4 is 18.5 Å². The second kappa shape index (κ2) is 6.49. The van der Waals surface area contributed by atoms with Crippen LogP contribution in [-0.2, 0) is 4.79 Å². The molecule has 1 N–H and O–H groups in total. The third-order valence-corrected chi connectivity index (χ3v) is 1.54. The molecule has 0 aliphatic heterocycles. The summed E-state index contributed by atoms with van der Waals surface area (Å²) in [7, 11) is 4.03. The smallest absolute Gasteiger partial charge is 0.229 e. The Hall–Kier alpha value is -0.220. The van der Waals surface area contributed by atoms with Crippen molar-refractivity contribution in [3.05, 3.63) is 0 Å². The standard InChI is InChI=1S/C7H16N2OS/c1-9(2)5-3-4-8-7(10)6-11/h11H,3-6H2,1-2H3,(H,8,10). The molecule has 4 heteroatoms. The number of hydrogen-bond donors (Lipinski definition) is 2. The molecule has 0 heterocycles. The van der Waals surface area contributed by atoms with E-state index in [9.17, 15) is 4.79 Å². The minimum absolute atomic E-state index is 0.00656. The Balaban J connectivity index is 3.08. The van der Waals surface area contributed by atoms with Crippen LogP contribution in [0.15, 0.2) is 0 Å². The van der Waals surface area contributed by atoms with Crippen LogP contribution in [-0.4, -0.2) is 43.7 Å². The molecule has 0 aromatic carbocycles. The number of carbonyl (C=O) groups excluding carboxylic acids is 1. The Labute approximate surface area is 73.6 Å². The van der Waals surface area contributed by atoms with Gasteiger partial charge in [-0.1, -0.05) is 0 Å².